The molecule has 0 saturated carbocycles. The van der Waals surface area contributed by atoms with Gasteiger partial charge < -0.3 is 11.1 Å². The maximum absolute atomic E-state index is 11.4. The van der Waals surface area contributed by atoms with Gasteiger partial charge in [-0.25, -0.2) is 23.1 Å². The van der Waals surface area contributed by atoms with E-state index in [0.717, 1.165) is 0 Å². The van der Waals surface area contributed by atoms with Crippen LogP contribution in [0.1, 0.15) is 12.6 Å². The Balaban J connectivity index is 2.62. The van der Waals surface area contributed by atoms with E-state index < -0.39 is 10.0 Å². The van der Waals surface area contributed by atoms with Crippen LogP contribution < -0.4 is 15.8 Å². The molecule has 1 aromatic heterocycles. The normalized spacial score (nSPS) is 11.2. The Morgan fingerprint density at radius 2 is 2.11 bits per heavy atom. The molecule has 0 radical (unpaired) electrons. The summed E-state index contributed by atoms with van der Waals surface area (Å²) in [6.45, 7) is 2.29. The number of rotatable bonds is 7. The van der Waals surface area contributed by atoms with Crippen molar-refractivity contribution in [1.82, 2.24) is 14.7 Å². The lowest BCUT2D eigenvalue weighted by Crippen LogP contribution is -2.29. The van der Waals surface area contributed by atoms with E-state index in [1.807, 2.05) is 0 Å². The van der Waals surface area contributed by atoms with E-state index in [0.29, 0.717) is 18.1 Å². The van der Waals surface area contributed by atoms with E-state index in [-0.39, 0.29) is 17.3 Å². The molecule has 0 aliphatic heterocycles. The summed E-state index contributed by atoms with van der Waals surface area (Å²) < 4.78 is 25.2. The second-order valence-corrected chi connectivity index (χ2v) is 5.73. The number of nitrogens with zero attached hydrogens (tertiary/aromatic N) is 2. The third-order valence-electron chi connectivity index (χ3n) is 1.96. The maximum atomic E-state index is 11.4. The van der Waals surface area contributed by atoms with Crippen molar-refractivity contribution < 1.29 is 8.42 Å². The van der Waals surface area contributed by atoms with Crippen molar-refractivity contribution in [3.8, 4) is 0 Å². The summed E-state index contributed by atoms with van der Waals surface area (Å²) in [5, 5.41) is 2.85. The molecule has 9 heteroatoms. The van der Waals surface area contributed by atoms with Crippen LogP contribution in [-0.2, 0) is 10.0 Å². The first kappa shape index (κ1) is 14.7. The molecule has 0 spiro atoms. The van der Waals surface area contributed by atoms with Crippen LogP contribution >= 0.6 is 12.2 Å². The highest BCUT2D eigenvalue weighted by Crippen LogP contribution is 2.07. The second kappa shape index (κ2) is 6.57. The van der Waals surface area contributed by atoms with Crippen LogP contribution in [0.5, 0.6) is 0 Å². The van der Waals surface area contributed by atoms with Crippen LogP contribution in [0.2, 0.25) is 0 Å². The van der Waals surface area contributed by atoms with Gasteiger partial charge in [-0.2, -0.15) is 0 Å². The van der Waals surface area contributed by atoms with E-state index >= 15 is 0 Å². The number of sulfonamides is 1. The van der Waals surface area contributed by atoms with Crippen molar-refractivity contribution in [2.75, 3.05) is 24.2 Å². The molecule has 0 saturated heterocycles. The first-order valence-corrected chi connectivity index (χ1v) is 7.34. The Morgan fingerprint density at radius 1 is 1.44 bits per heavy atom. The van der Waals surface area contributed by atoms with Crippen molar-refractivity contribution in [1.29, 1.82) is 0 Å². The first-order chi connectivity index (χ1) is 8.46. The molecule has 0 bridgehead atoms. The minimum atomic E-state index is -3.26. The van der Waals surface area contributed by atoms with E-state index in [4.69, 9.17) is 18.0 Å². The lowest BCUT2D eigenvalue weighted by molar-refractivity contribution is 0.584. The fourth-order valence-electron chi connectivity index (χ4n) is 1.24. The zero-order chi connectivity index (χ0) is 13.6. The van der Waals surface area contributed by atoms with Crippen LogP contribution in [0.3, 0.4) is 0 Å². The van der Waals surface area contributed by atoms with Gasteiger partial charge in [0.2, 0.25) is 10.0 Å². The third kappa shape index (κ3) is 4.51. The van der Waals surface area contributed by atoms with Crippen molar-refractivity contribution in [2.45, 2.75) is 6.92 Å². The summed E-state index contributed by atoms with van der Waals surface area (Å²) in [5.74, 6) is 0.325. The lowest BCUT2D eigenvalue weighted by atomic mass is 10.4. The van der Waals surface area contributed by atoms with Gasteiger partial charge in [-0.05, 0) is 0 Å². The molecule has 0 fully saturated rings. The van der Waals surface area contributed by atoms with Gasteiger partial charge in [0.15, 0.2) is 5.82 Å². The zero-order valence-electron chi connectivity index (χ0n) is 9.88. The third-order valence-corrected chi connectivity index (χ3v) is 3.62. The van der Waals surface area contributed by atoms with Gasteiger partial charge in [0.05, 0.1) is 5.75 Å². The number of hydrogen-bond acceptors (Lipinski definition) is 6. The van der Waals surface area contributed by atoms with Gasteiger partial charge in [0.25, 0.3) is 0 Å². The zero-order valence-corrected chi connectivity index (χ0v) is 11.5. The number of thiocarbonyl (C=S) groups is 1. The first-order valence-electron chi connectivity index (χ1n) is 5.28. The predicted octanol–water partition coefficient (Wildman–Crippen LogP) is -0.538. The number of aromatic nitrogens is 2. The highest BCUT2D eigenvalue weighted by atomic mass is 32.2. The Hall–Kier alpha value is -1.32. The number of anilines is 1. The molecular formula is C9H15N5O2S2. The maximum Gasteiger partial charge on any atom is 0.213 e. The average molecular weight is 289 g/mol. The minimum absolute atomic E-state index is 0.0613. The molecule has 1 heterocycles. The molecule has 0 unspecified atom stereocenters. The van der Waals surface area contributed by atoms with Gasteiger partial charge in [-0.1, -0.05) is 19.1 Å². The van der Waals surface area contributed by atoms with Crippen LogP contribution in [0.25, 0.3) is 0 Å². The number of hydrogen-bond donors (Lipinski definition) is 3. The molecule has 0 aliphatic carbocycles. The Labute approximate surface area is 111 Å². The van der Waals surface area contributed by atoms with Gasteiger partial charge in [-0.3, -0.25) is 0 Å². The fraction of sp³-hybridized carbons (Fsp3) is 0.444. The van der Waals surface area contributed by atoms with Crippen molar-refractivity contribution >= 4 is 33.0 Å². The summed E-state index contributed by atoms with van der Waals surface area (Å²) in [4.78, 5) is 8.09. The molecule has 1 rings (SSSR count). The van der Waals surface area contributed by atoms with Crippen molar-refractivity contribution in [2.24, 2.45) is 5.73 Å². The standard InChI is InChI=1S/C9H15N5O2S2/c1-2-14-18(15,16)6-5-13-9-7(8(10)17)11-3-4-12-9/h3-4,14H,2,5-6H2,1H3,(H2,10,17)(H,12,13). The Bertz CT molecular complexity index is 517. The number of nitrogens with one attached hydrogen (secondary N) is 2. The Morgan fingerprint density at radius 3 is 2.72 bits per heavy atom. The van der Waals surface area contributed by atoms with E-state index in [9.17, 15) is 8.42 Å². The second-order valence-electron chi connectivity index (χ2n) is 3.36. The smallest absolute Gasteiger partial charge is 0.213 e. The summed E-state index contributed by atoms with van der Waals surface area (Å²) in [6.07, 6.45) is 2.94. The molecule has 4 N–H and O–H groups in total. The molecule has 1 aromatic rings. The van der Waals surface area contributed by atoms with Gasteiger partial charge in [0, 0.05) is 25.5 Å². The molecule has 18 heavy (non-hydrogen) atoms. The van der Waals surface area contributed by atoms with Crippen LogP contribution in [0.15, 0.2) is 12.4 Å². The topological polar surface area (TPSA) is 110 Å². The van der Waals surface area contributed by atoms with Gasteiger partial charge in [-0.15, -0.1) is 0 Å². The average Bonchev–Trinajstić information content (AvgIpc) is 2.29. The summed E-state index contributed by atoms with van der Waals surface area (Å²) in [5.41, 5.74) is 5.83. The molecule has 0 aromatic carbocycles. The van der Waals surface area contributed by atoms with Gasteiger partial charge >= 0.3 is 0 Å². The number of nitrogens with two attached hydrogens (primary N) is 1. The van der Waals surface area contributed by atoms with E-state index in [1.165, 1.54) is 12.4 Å². The summed E-state index contributed by atoms with van der Waals surface area (Å²) in [6, 6.07) is 0. The molecule has 7 nitrogen and oxygen atoms in total. The highest BCUT2D eigenvalue weighted by molar-refractivity contribution is 7.89. The quantitative estimate of drug-likeness (QED) is 0.578. The van der Waals surface area contributed by atoms with E-state index in [2.05, 4.69) is 20.0 Å². The fourth-order valence-corrected chi connectivity index (χ4v) is 2.35. The monoisotopic (exact) mass is 289 g/mol. The molecule has 0 atom stereocenters. The minimum Gasteiger partial charge on any atom is -0.388 e. The largest absolute Gasteiger partial charge is 0.388 e. The molecular weight excluding hydrogens is 274 g/mol. The lowest BCUT2D eigenvalue weighted by Gasteiger charge is -2.09. The summed E-state index contributed by atoms with van der Waals surface area (Å²) >= 11 is 4.82. The van der Waals surface area contributed by atoms with Crippen LogP contribution in [-0.4, -0.2) is 42.2 Å². The predicted molar refractivity (Wildman–Crippen MR) is 73.9 cm³/mol. The van der Waals surface area contributed by atoms with E-state index in [1.54, 1.807) is 6.92 Å². The molecule has 0 amide bonds. The highest BCUT2D eigenvalue weighted by Gasteiger charge is 2.10. The van der Waals surface area contributed by atoms with Crippen molar-refractivity contribution in [3.05, 3.63) is 18.1 Å². The Kier molecular flexibility index (Phi) is 5.38. The van der Waals surface area contributed by atoms with Crippen LogP contribution in [0, 0.1) is 0 Å². The van der Waals surface area contributed by atoms with Crippen LogP contribution in [0.4, 0.5) is 5.82 Å². The molecule has 100 valence electrons. The SMILES string of the molecule is CCNS(=O)(=O)CCNc1nccnc1C(N)=S. The summed E-state index contributed by atoms with van der Waals surface area (Å²) in [7, 11) is -3.26. The van der Waals surface area contributed by atoms with Gasteiger partial charge in [0.1, 0.15) is 10.7 Å². The molecule has 0 aliphatic rings. The van der Waals surface area contributed by atoms with Crippen molar-refractivity contribution in [3.63, 3.8) is 0 Å².